The van der Waals surface area contributed by atoms with Gasteiger partial charge in [-0.2, -0.15) is 0 Å². The van der Waals surface area contributed by atoms with Crippen LogP contribution in [0.2, 0.25) is 0 Å². The Morgan fingerprint density at radius 2 is 2.00 bits per heavy atom. The van der Waals surface area contributed by atoms with Gasteiger partial charge in [0, 0.05) is 23.5 Å². The molecule has 1 amide bonds. The molecule has 3 rings (SSSR count). The number of nitrogens with one attached hydrogen (secondary N) is 1. The lowest BCUT2D eigenvalue weighted by atomic mass is 10.3. The van der Waals surface area contributed by atoms with Gasteiger partial charge in [0.2, 0.25) is 0 Å². The van der Waals surface area contributed by atoms with Gasteiger partial charge in [-0.05, 0) is 19.9 Å². The average molecular weight is 331 g/mol. The van der Waals surface area contributed by atoms with E-state index in [1.807, 2.05) is 19.2 Å². The first-order chi connectivity index (χ1) is 10.6. The Labute approximate surface area is 135 Å². The summed E-state index contributed by atoms with van der Waals surface area (Å²) in [6.07, 6.45) is 3.31. The van der Waals surface area contributed by atoms with Crippen LogP contribution < -0.4 is 5.32 Å². The smallest absolute Gasteiger partial charge is 0.263 e. The zero-order chi connectivity index (χ0) is 15.5. The van der Waals surface area contributed by atoms with Crippen LogP contribution in [-0.2, 0) is 6.54 Å². The van der Waals surface area contributed by atoms with Crippen molar-refractivity contribution < 1.29 is 4.79 Å². The molecule has 0 saturated heterocycles. The monoisotopic (exact) mass is 331 g/mol. The number of carbonyl (C=O) groups excluding carboxylic acids is 1. The minimum atomic E-state index is -0.148. The fourth-order valence-corrected chi connectivity index (χ4v) is 3.47. The Morgan fingerprint density at radius 3 is 2.68 bits per heavy atom. The van der Waals surface area contributed by atoms with Gasteiger partial charge in [-0.1, -0.05) is 0 Å². The Balaban J connectivity index is 1.74. The number of hydrogen-bond donors (Lipinski definition) is 1. The molecule has 0 saturated carbocycles. The standard InChI is InChI=1S/C14H13N5OS2/c1-8-7-21-10(18-8)6-17-13(20)11-9(2)19-14(22-11)12-15-4-3-5-16-12/h3-5,7H,6H2,1-2H3,(H,17,20). The number of amides is 1. The highest BCUT2D eigenvalue weighted by Gasteiger charge is 2.17. The van der Waals surface area contributed by atoms with Crippen molar-refractivity contribution in [3.63, 3.8) is 0 Å². The molecule has 3 aromatic heterocycles. The van der Waals surface area contributed by atoms with E-state index in [0.717, 1.165) is 10.7 Å². The minimum Gasteiger partial charge on any atom is -0.345 e. The molecule has 0 radical (unpaired) electrons. The fraction of sp³-hybridized carbons (Fsp3) is 0.214. The zero-order valence-corrected chi connectivity index (χ0v) is 13.7. The van der Waals surface area contributed by atoms with Gasteiger partial charge in [0.25, 0.3) is 5.91 Å². The van der Waals surface area contributed by atoms with E-state index in [9.17, 15) is 4.79 Å². The van der Waals surface area contributed by atoms with Crippen molar-refractivity contribution >= 4 is 28.6 Å². The van der Waals surface area contributed by atoms with Crippen molar-refractivity contribution in [2.45, 2.75) is 20.4 Å². The van der Waals surface area contributed by atoms with E-state index >= 15 is 0 Å². The second-order valence-corrected chi connectivity index (χ2v) is 6.51. The summed E-state index contributed by atoms with van der Waals surface area (Å²) in [6, 6.07) is 1.74. The zero-order valence-electron chi connectivity index (χ0n) is 12.0. The molecule has 0 atom stereocenters. The van der Waals surface area contributed by atoms with Gasteiger partial charge in [0.1, 0.15) is 9.88 Å². The molecule has 0 bridgehead atoms. The maximum absolute atomic E-state index is 12.3. The van der Waals surface area contributed by atoms with Crippen LogP contribution in [0.4, 0.5) is 0 Å². The molecular formula is C14H13N5OS2. The topological polar surface area (TPSA) is 80.7 Å². The molecule has 3 aromatic rings. The lowest BCUT2D eigenvalue weighted by Crippen LogP contribution is -2.22. The lowest BCUT2D eigenvalue weighted by Gasteiger charge is -2.00. The van der Waals surface area contributed by atoms with Crippen LogP contribution in [0.5, 0.6) is 0 Å². The van der Waals surface area contributed by atoms with Crippen LogP contribution in [-0.4, -0.2) is 25.8 Å². The minimum absolute atomic E-state index is 0.148. The van der Waals surface area contributed by atoms with E-state index in [4.69, 9.17) is 0 Å². The number of aryl methyl sites for hydroxylation is 2. The molecule has 0 aromatic carbocycles. The molecule has 1 N–H and O–H groups in total. The number of carbonyl (C=O) groups is 1. The highest BCUT2D eigenvalue weighted by molar-refractivity contribution is 7.17. The molecule has 112 valence electrons. The average Bonchev–Trinajstić information content (AvgIpc) is 3.12. The van der Waals surface area contributed by atoms with Crippen molar-refractivity contribution in [1.29, 1.82) is 0 Å². The Kier molecular flexibility index (Phi) is 4.21. The SMILES string of the molecule is Cc1csc(CNC(=O)c2sc(-c3ncccn3)nc2C)n1. The van der Waals surface area contributed by atoms with Crippen LogP contribution in [0.25, 0.3) is 10.8 Å². The third-order valence-electron chi connectivity index (χ3n) is 2.83. The first-order valence-electron chi connectivity index (χ1n) is 6.57. The molecule has 22 heavy (non-hydrogen) atoms. The predicted octanol–water partition coefficient (Wildman–Crippen LogP) is 2.60. The number of nitrogens with zero attached hydrogens (tertiary/aromatic N) is 4. The van der Waals surface area contributed by atoms with Crippen molar-refractivity contribution in [2.24, 2.45) is 0 Å². The van der Waals surface area contributed by atoms with Crippen LogP contribution in [0.3, 0.4) is 0 Å². The Hall–Kier alpha value is -2.19. The van der Waals surface area contributed by atoms with Gasteiger partial charge < -0.3 is 5.32 Å². The van der Waals surface area contributed by atoms with E-state index < -0.39 is 0 Å². The van der Waals surface area contributed by atoms with E-state index in [2.05, 4.69) is 25.3 Å². The van der Waals surface area contributed by atoms with Crippen molar-refractivity contribution in [3.05, 3.63) is 45.1 Å². The number of hydrogen-bond acceptors (Lipinski definition) is 7. The van der Waals surface area contributed by atoms with Gasteiger partial charge in [0.05, 0.1) is 12.2 Å². The van der Waals surface area contributed by atoms with Crippen LogP contribution in [0.1, 0.15) is 26.1 Å². The van der Waals surface area contributed by atoms with Crippen molar-refractivity contribution in [2.75, 3.05) is 0 Å². The first-order valence-corrected chi connectivity index (χ1v) is 8.27. The molecule has 6 nitrogen and oxygen atoms in total. The molecule has 0 aliphatic heterocycles. The third-order valence-corrected chi connectivity index (χ3v) is 4.95. The van der Waals surface area contributed by atoms with E-state index in [1.54, 1.807) is 18.5 Å². The summed E-state index contributed by atoms with van der Waals surface area (Å²) < 4.78 is 0. The lowest BCUT2D eigenvalue weighted by molar-refractivity contribution is 0.0954. The first kappa shape index (κ1) is 14.7. The van der Waals surface area contributed by atoms with E-state index in [0.29, 0.717) is 27.9 Å². The van der Waals surface area contributed by atoms with Gasteiger partial charge >= 0.3 is 0 Å². The van der Waals surface area contributed by atoms with Gasteiger partial charge in [0.15, 0.2) is 10.8 Å². The molecule has 0 aliphatic rings. The third kappa shape index (κ3) is 3.18. The molecular weight excluding hydrogens is 318 g/mol. The highest BCUT2D eigenvalue weighted by atomic mass is 32.1. The molecule has 0 fully saturated rings. The number of rotatable bonds is 4. The van der Waals surface area contributed by atoms with Crippen molar-refractivity contribution in [1.82, 2.24) is 25.3 Å². The van der Waals surface area contributed by atoms with Crippen LogP contribution >= 0.6 is 22.7 Å². The van der Waals surface area contributed by atoms with Gasteiger partial charge in [-0.25, -0.2) is 19.9 Å². The van der Waals surface area contributed by atoms with E-state index in [-0.39, 0.29) is 5.91 Å². The normalized spacial score (nSPS) is 10.6. The quantitative estimate of drug-likeness (QED) is 0.795. The molecule has 3 heterocycles. The summed E-state index contributed by atoms with van der Waals surface area (Å²) in [6.45, 7) is 4.17. The van der Waals surface area contributed by atoms with Gasteiger partial charge in [-0.3, -0.25) is 4.79 Å². The van der Waals surface area contributed by atoms with Crippen LogP contribution in [0, 0.1) is 13.8 Å². The van der Waals surface area contributed by atoms with Crippen molar-refractivity contribution in [3.8, 4) is 10.8 Å². The fourth-order valence-electron chi connectivity index (χ4n) is 1.83. The summed E-state index contributed by atoms with van der Waals surface area (Å²) >= 11 is 2.83. The van der Waals surface area contributed by atoms with Gasteiger partial charge in [-0.15, -0.1) is 22.7 Å². The largest absolute Gasteiger partial charge is 0.345 e. The molecule has 0 aliphatic carbocycles. The second-order valence-electron chi connectivity index (χ2n) is 4.57. The summed E-state index contributed by atoms with van der Waals surface area (Å²) in [5.41, 5.74) is 1.65. The summed E-state index contributed by atoms with van der Waals surface area (Å²) in [5.74, 6) is 0.384. The van der Waals surface area contributed by atoms with Crippen LogP contribution in [0.15, 0.2) is 23.8 Å². The molecule has 8 heteroatoms. The maximum Gasteiger partial charge on any atom is 0.263 e. The molecule has 0 spiro atoms. The summed E-state index contributed by atoms with van der Waals surface area (Å²) in [7, 11) is 0. The van der Waals surface area contributed by atoms with E-state index in [1.165, 1.54) is 22.7 Å². The highest BCUT2D eigenvalue weighted by Crippen LogP contribution is 2.25. The summed E-state index contributed by atoms with van der Waals surface area (Å²) in [5, 5.41) is 6.37. The molecule has 0 unspecified atom stereocenters. The Bertz CT molecular complexity index is 797. The second kappa shape index (κ2) is 6.29. The predicted molar refractivity (Wildman–Crippen MR) is 85.9 cm³/mol. The summed E-state index contributed by atoms with van der Waals surface area (Å²) in [4.78, 5) is 29.9. The Morgan fingerprint density at radius 1 is 1.23 bits per heavy atom. The number of aromatic nitrogens is 4. The number of thiazole rings is 2. The maximum atomic E-state index is 12.3.